The van der Waals surface area contributed by atoms with Gasteiger partial charge in [-0.1, -0.05) is 6.92 Å². The Labute approximate surface area is 80.3 Å². The van der Waals surface area contributed by atoms with E-state index in [2.05, 4.69) is 0 Å². The third-order valence-corrected chi connectivity index (χ3v) is 1.82. The van der Waals surface area contributed by atoms with Gasteiger partial charge in [0.05, 0.1) is 0 Å². The summed E-state index contributed by atoms with van der Waals surface area (Å²) in [6.45, 7) is -2.25. The van der Waals surface area contributed by atoms with E-state index >= 15 is 0 Å². The van der Waals surface area contributed by atoms with Crippen LogP contribution in [0.25, 0.3) is 0 Å². The highest BCUT2D eigenvalue weighted by atomic mass is 19.3. The molecule has 0 rings (SSSR count). The maximum absolute atomic E-state index is 12.5. The Bertz CT molecular complexity index is 211. The predicted octanol–water partition coefficient (Wildman–Crippen LogP) is 3.61. The van der Waals surface area contributed by atoms with Crippen molar-refractivity contribution < 1.29 is 35.1 Å². The van der Waals surface area contributed by atoms with Gasteiger partial charge < -0.3 is 0 Å². The summed E-state index contributed by atoms with van der Waals surface area (Å²) in [5.74, 6) is -15.8. The molecule has 0 saturated heterocycles. The maximum Gasteiger partial charge on any atom is 0.349 e. The maximum atomic E-state index is 12.5. The van der Waals surface area contributed by atoms with Gasteiger partial charge in [-0.3, -0.25) is 0 Å². The molecule has 1 atom stereocenters. The van der Waals surface area contributed by atoms with Crippen molar-refractivity contribution in [3.8, 4) is 0 Å². The van der Waals surface area contributed by atoms with E-state index < -0.39 is 37.0 Å². The fraction of sp³-hybridized carbons (Fsp3) is 1.00. The van der Waals surface area contributed by atoms with Gasteiger partial charge in [-0.15, -0.1) is 0 Å². The van der Waals surface area contributed by atoms with Gasteiger partial charge in [0.15, 0.2) is 6.67 Å². The fourth-order valence-electron chi connectivity index (χ4n) is 0.719. The molecule has 92 valence electrons. The van der Waals surface area contributed by atoms with E-state index in [1.165, 1.54) is 0 Å². The summed E-state index contributed by atoms with van der Waals surface area (Å²) < 4.78 is 97.9. The molecule has 0 fully saturated rings. The van der Waals surface area contributed by atoms with Gasteiger partial charge in [0, 0.05) is 6.42 Å². The smallest absolute Gasteiger partial charge is 0.244 e. The second-order valence-electron chi connectivity index (χ2n) is 2.94. The molecule has 0 nitrogen and oxygen atoms in total. The SMILES string of the molecule is CCC(F)(F)[C@H](F)C(F)(F)C(F)(F)CF. The minimum atomic E-state index is -5.73. The topological polar surface area (TPSA) is 0 Å². The third kappa shape index (κ3) is 2.52. The van der Waals surface area contributed by atoms with Crippen molar-refractivity contribution >= 4 is 0 Å². The molecular weight excluding hydrogens is 236 g/mol. The summed E-state index contributed by atoms with van der Waals surface area (Å²) in [7, 11) is 0. The third-order valence-electron chi connectivity index (χ3n) is 1.82. The lowest BCUT2D eigenvalue weighted by atomic mass is 10.0. The zero-order valence-electron chi connectivity index (χ0n) is 7.52. The molecule has 0 aromatic heterocycles. The van der Waals surface area contributed by atoms with Crippen molar-refractivity contribution in [1.29, 1.82) is 0 Å². The highest BCUT2D eigenvalue weighted by Gasteiger charge is 2.68. The molecule has 0 bridgehead atoms. The first kappa shape index (κ1) is 14.4. The Morgan fingerprint density at radius 3 is 1.67 bits per heavy atom. The van der Waals surface area contributed by atoms with Gasteiger partial charge in [-0.05, 0) is 0 Å². The van der Waals surface area contributed by atoms with Gasteiger partial charge in [0.2, 0.25) is 6.17 Å². The molecule has 15 heavy (non-hydrogen) atoms. The highest BCUT2D eigenvalue weighted by Crippen LogP contribution is 2.45. The van der Waals surface area contributed by atoms with Crippen LogP contribution in [0.1, 0.15) is 13.3 Å². The van der Waals surface area contributed by atoms with Crippen LogP contribution in [0.3, 0.4) is 0 Å². The number of alkyl halides is 8. The van der Waals surface area contributed by atoms with Gasteiger partial charge in [0.1, 0.15) is 0 Å². The lowest BCUT2D eigenvalue weighted by Crippen LogP contribution is -2.55. The molecule has 0 heterocycles. The van der Waals surface area contributed by atoms with Crippen molar-refractivity contribution in [3.63, 3.8) is 0 Å². The summed E-state index contributed by atoms with van der Waals surface area (Å²) >= 11 is 0. The van der Waals surface area contributed by atoms with E-state index in [-0.39, 0.29) is 0 Å². The predicted molar refractivity (Wildman–Crippen MR) is 36.0 cm³/mol. The van der Waals surface area contributed by atoms with Crippen molar-refractivity contribution in [2.45, 2.75) is 37.3 Å². The Balaban J connectivity index is 5.04. The number of hydrogen-bond donors (Lipinski definition) is 0. The Hall–Kier alpha value is -0.560. The molecule has 0 aliphatic rings. The first-order valence-electron chi connectivity index (χ1n) is 3.86. The van der Waals surface area contributed by atoms with Gasteiger partial charge in [-0.2, -0.15) is 17.6 Å². The van der Waals surface area contributed by atoms with Crippen LogP contribution in [-0.2, 0) is 0 Å². The molecule has 0 unspecified atom stereocenters. The van der Waals surface area contributed by atoms with Crippen molar-refractivity contribution in [2.24, 2.45) is 0 Å². The monoisotopic (exact) mass is 244 g/mol. The van der Waals surface area contributed by atoms with E-state index in [1.54, 1.807) is 0 Å². The van der Waals surface area contributed by atoms with Crippen molar-refractivity contribution in [2.75, 3.05) is 6.67 Å². The Morgan fingerprint density at radius 1 is 1.00 bits per heavy atom. The minimum absolute atomic E-state index is 0.649. The summed E-state index contributed by atoms with van der Waals surface area (Å²) in [5.41, 5.74) is 0. The molecule has 0 amide bonds. The largest absolute Gasteiger partial charge is 0.349 e. The van der Waals surface area contributed by atoms with E-state index in [4.69, 9.17) is 0 Å². The van der Waals surface area contributed by atoms with Gasteiger partial charge in [-0.25, -0.2) is 17.6 Å². The first-order chi connectivity index (χ1) is 6.53. The van der Waals surface area contributed by atoms with Crippen LogP contribution in [0, 0.1) is 0 Å². The van der Waals surface area contributed by atoms with Crippen LogP contribution < -0.4 is 0 Å². The summed E-state index contributed by atoms with van der Waals surface area (Å²) in [6, 6.07) is 0. The molecule has 0 spiro atoms. The molecular formula is C7H8F8. The minimum Gasteiger partial charge on any atom is -0.244 e. The van der Waals surface area contributed by atoms with Crippen LogP contribution in [0.4, 0.5) is 35.1 Å². The standard InChI is InChI=1S/C7H8F8/c1-2-5(10,11)4(9)7(14,15)6(12,13)3-8/h4H,2-3H2,1H3/t4-/m0/s1. The Morgan fingerprint density at radius 2 is 1.40 bits per heavy atom. The van der Waals surface area contributed by atoms with E-state index in [9.17, 15) is 35.1 Å². The fourth-order valence-corrected chi connectivity index (χ4v) is 0.719. The molecule has 0 N–H and O–H groups in total. The summed E-state index contributed by atoms with van der Waals surface area (Å²) in [5, 5.41) is 0. The highest BCUT2D eigenvalue weighted by molar-refractivity contribution is 4.97. The average Bonchev–Trinajstić information content (AvgIpc) is 2.16. The van der Waals surface area contributed by atoms with Crippen LogP contribution in [0.5, 0.6) is 0 Å². The number of rotatable bonds is 5. The zero-order chi connectivity index (χ0) is 12.5. The van der Waals surface area contributed by atoms with Crippen LogP contribution in [0.15, 0.2) is 0 Å². The number of halogens is 8. The summed E-state index contributed by atoms with van der Waals surface area (Å²) in [6.07, 6.45) is -5.80. The van der Waals surface area contributed by atoms with Crippen LogP contribution >= 0.6 is 0 Å². The van der Waals surface area contributed by atoms with Crippen LogP contribution in [0.2, 0.25) is 0 Å². The van der Waals surface area contributed by atoms with E-state index in [0.717, 1.165) is 0 Å². The molecule has 0 saturated carbocycles. The lowest BCUT2D eigenvalue weighted by Gasteiger charge is -2.30. The van der Waals surface area contributed by atoms with Gasteiger partial charge in [0.25, 0.3) is 5.92 Å². The van der Waals surface area contributed by atoms with Gasteiger partial charge >= 0.3 is 11.8 Å². The average molecular weight is 244 g/mol. The molecule has 8 heteroatoms. The van der Waals surface area contributed by atoms with Crippen molar-refractivity contribution in [1.82, 2.24) is 0 Å². The molecule has 0 aromatic rings. The first-order valence-corrected chi connectivity index (χ1v) is 3.86. The normalized spacial score (nSPS) is 16.6. The second kappa shape index (κ2) is 4.13. The number of hydrogen-bond acceptors (Lipinski definition) is 0. The molecule has 0 aliphatic carbocycles. The lowest BCUT2D eigenvalue weighted by molar-refractivity contribution is -0.281. The summed E-state index contributed by atoms with van der Waals surface area (Å²) in [4.78, 5) is 0. The zero-order valence-corrected chi connectivity index (χ0v) is 7.52. The molecule has 0 aliphatic heterocycles. The quantitative estimate of drug-likeness (QED) is 0.648. The molecule has 0 aromatic carbocycles. The van der Waals surface area contributed by atoms with E-state index in [0.29, 0.717) is 6.92 Å². The second-order valence-corrected chi connectivity index (χ2v) is 2.94. The van der Waals surface area contributed by atoms with Crippen LogP contribution in [-0.4, -0.2) is 30.6 Å². The van der Waals surface area contributed by atoms with E-state index in [1.807, 2.05) is 0 Å². The molecule has 0 radical (unpaired) electrons. The van der Waals surface area contributed by atoms with Crippen molar-refractivity contribution in [3.05, 3.63) is 0 Å². The Kier molecular flexibility index (Phi) is 3.98.